The molecular formula is C21H30Cl2N2O2. The van der Waals surface area contributed by atoms with Gasteiger partial charge in [-0.15, -0.1) is 24.8 Å². The van der Waals surface area contributed by atoms with Crippen molar-refractivity contribution in [3.8, 4) is 11.5 Å². The van der Waals surface area contributed by atoms with Gasteiger partial charge in [0, 0.05) is 19.6 Å². The SMILES string of the molecule is CCN(CC)CCNC[C@@H]1Oc2ccccc2O[C@H]1c1ccccc1.Cl.Cl. The third-order valence-corrected chi connectivity index (χ3v) is 4.69. The average molecular weight is 413 g/mol. The Kier molecular flexibility index (Phi) is 10.6. The molecule has 2 aromatic rings. The zero-order valence-corrected chi connectivity index (χ0v) is 17.6. The molecule has 1 aliphatic rings. The second-order valence-electron chi connectivity index (χ2n) is 6.28. The fraction of sp³-hybridized carbons (Fsp3) is 0.429. The molecule has 6 heteroatoms. The van der Waals surface area contributed by atoms with Crippen LogP contribution in [0, 0.1) is 0 Å². The minimum Gasteiger partial charge on any atom is -0.481 e. The number of hydrogen-bond donors (Lipinski definition) is 1. The van der Waals surface area contributed by atoms with Crippen LogP contribution in [-0.2, 0) is 0 Å². The Balaban J connectivity index is 0.00000182. The zero-order chi connectivity index (χ0) is 17.5. The van der Waals surface area contributed by atoms with Crippen LogP contribution >= 0.6 is 24.8 Å². The summed E-state index contributed by atoms with van der Waals surface area (Å²) < 4.78 is 12.5. The third kappa shape index (κ3) is 6.28. The fourth-order valence-corrected chi connectivity index (χ4v) is 3.18. The van der Waals surface area contributed by atoms with Gasteiger partial charge in [0.25, 0.3) is 0 Å². The summed E-state index contributed by atoms with van der Waals surface area (Å²) in [7, 11) is 0. The molecule has 27 heavy (non-hydrogen) atoms. The molecule has 2 atom stereocenters. The summed E-state index contributed by atoms with van der Waals surface area (Å²) in [6.07, 6.45) is -0.147. The number of nitrogens with one attached hydrogen (secondary N) is 1. The molecular weight excluding hydrogens is 383 g/mol. The number of halogens is 2. The Morgan fingerprint density at radius 1 is 0.852 bits per heavy atom. The van der Waals surface area contributed by atoms with Gasteiger partial charge in [-0.25, -0.2) is 0 Å². The number of nitrogens with zero attached hydrogens (tertiary/aromatic N) is 1. The summed E-state index contributed by atoms with van der Waals surface area (Å²) in [6, 6.07) is 18.2. The molecule has 0 saturated carbocycles. The summed E-state index contributed by atoms with van der Waals surface area (Å²) >= 11 is 0. The van der Waals surface area contributed by atoms with E-state index in [4.69, 9.17) is 9.47 Å². The normalized spacial score (nSPS) is 17.7. The molecule has 0 fully saturated rings. The Morgan fingerprint density at radius 3 is 2.07 bits per heavy atom. The highest BCUT2D eigenvalue weighted by atomic mass is 35.5. The highest BCUT2D eigenvalue weighted by Gasteiger charge is 2.32. The van der Waals surface area contributed by atoms with Gasteiger partial charge in [-0.2, -0.15) is 0 Å². The van der Waals surface area contributed by atoms with Crippen molar-refractivity contribution in [1.82, 2.24) is 10.2 Å². The Morgan fingerprint density at radius 2 is 1.44 bits per heavy atom. The van der Waals surface area contributed by atoms with Crippen molar-refractivity contribution >= 4 is 24.8 Å². The maximum atomic E-state index is 6.28. The predicted octanol–water partition coefficient (Wildman–Crippen LogP) is 4.34. The van der Waals surface area contributed by atoms with Crippen LogP contribution in [-0.4, -0.2) is 43.7 Å². The highest BCUT2D eigenvalue weighted by molar-refractivity contribution is 5.85. The summed E-state index contributed by atoms with van der Waals surface area (Å²) in [5.74, 6) is 1.64. The van der Waals surface area contributed by atoms with Crippen molar-refractivity contribution in [2.45, 2.75) is 26.1 Å². The van der Waals surface area contributed by atoms with Crippen LogP contribution < -0.4 is 14.8 Å². The number of benzene rings is 2. The number of hydrogen-bond acceptors (Lipinski definition) is 4. The van der Waals surface area contributed by atoms with E-state index in [1.54, 1.807) is 0 Å². The fourth-order valence-electron chi connectivity index (χ4n) is 3.18. The minimum absolute atomic E-state index is 0. The van der Waals surface area contributed by atoms with Gasteiger partial charge in [0.2, 0.25) is 0 Å². The van der Waals surface area contributed by atoms with Gasteiger partial charge >= 0.3 is 0 Å². The van der Waals surface area contributed by atoms with E-state index in [1.165, 1.54) is 0 Å². The van der Waals surface area contributed by atoms with E-state index in [0.717, 1.165) is 49.8 Å². The molecule has 1 aliphatic heterocycles. The van der Waals surface area contributed by atoms with E-state index in [2.05, 4.69) is 36.2 Å². The van der Waals surface area contributed by atoms with Crippen molar-refractivity contribution in [1.29, 1.82) is 0 Å². The largest absolute Gasteiger partial charge is 0.481 e. The zero-order valence-electron chi connectivity index (χ0n) is 16.0. The van der Waals surface area contributed by atoms with Gasteiger partial charge in [0.1, 0.15) is 0 Å². The van der Waals surface area contributed by atoms with Crippen LogP contribution in [0.1, 0.15) is 25.5 Å². The molecule has 1 N–H and O–H groups in total. The van der Waals surface area contributed by atoms with Gasteiger partial charge in [-0.1, -0.05) is 56.3 Å². The molecule has 0 aromatic heterocycles. The van der Waals surface area contributed by atoms with Crippen LogP contribution in [0.3, 0.4) is 0 Å². The van der Waals surface area contributed by atoms with Gasteiger partial charge in [-0.05, 0) is 30.8 Å². The first-order valence-electron chi connectivity index (χ1n) is 9.22. The summed E-state index contributed by atoms with van der Waals surface area (Å²) in [6.45, 7) is 9.32. The van der Waals surface area contributed by atoms with Crippen LogP contribution in [0.2, 0.25) is 0 Å². The number of likely N-dealkylation sites (N-methyl/N-ethyl adjacent to an activating group) is 1. The summed E-state index contributed by atoms with van der Waals surface area (Å²) in [5, 5.41) is 3.54. The van der Waals surface area contributed by atoms with Crippen molar-refractivity contribution in [2.24, 2.45) is 0 Å². The topological polar surface area (TPSA) is 33.7 Å². The number of rotatable bonds is 8. The van der Waals surface area contributed by atoms with Crippen molar-refractivity contribution in [3.63, 3.8) is 0 Å². The van der Waals surface area contributed by atoms with Gasteiger partial charge in [0.15, 0.2) is 23.7 Å². The predicted molar refractivity (Wildman–Crippen MR) is 116 cm³/mol. The lowest BCUT2D eigenvalue weighted by molar-refractivity contribution is 0.0199. The van der Waals surface area contributed by atoms with Crippen molar-refractivity contribution < 1.29 is 9.47 Å². The summed E-state index contributed by atoms with van der Waals surface area (Å²) in [5.41, 5.74) is 1.15. The van der Waals surface area contributed by atoms with Gasteiger partial charge in [0.05, 0.1) is 0 Å². The molecule has 0 aliphatic carbocycles. The van der Waals surface area contributed by atoms with E-state index < -0.39 is 0 Å². The molecule has 3 rings (SSSR count). The van der Waals surface area contributed by atoms with E-state index in [1.807, 2.05) is 42.5 Å². The first kappa shape index (κ1) is 23.6. The highest BCUT2D eigenvalue weighted by Crippen LogP contribution is 2.38. The standard InChI is InChI=1S/C21H28N2O2.2ClH/c1-3-23(4-2)15-14-22-16-20-21(17-10-6-5-7-11-17)25-19-13-9-8-12-18(19)24-20;;/h5-13,20-22H,3-4,14-16H2,1-2H3;2*1H/t20-,21-;;/m0../s1. The van der Waals surface area contributed by atoms with E-state index >= 15 is 0 Å². The van der Waals surface area contributed by atoms with Gasteiger partial charge < -0.3 is 19.7 Å². The van der Waals surface area contributed by atoms with Crippen LogP contribution in [0.5, 0.6) is 11.5 Å². The first-order chi connectivity index (χ1) is 12.3. The van der Waals surface area contributed by atoms with E-state index in [-0.39, 0.29) is 37.0 Å². The van der Waals surface area contributed by atoms with Crippen LogP contribution in [0.15, 0.2) is 54.6 Å². The molecule has 0 amide bonds. The monoisotopic (exact) mass is 412 g/mol. The minimum atomic E-state index is -0.1000. The maximum absolute atomic E-state index is 6.28. The van der Waals surface area contributed by atoms with Crippen LogP contribution in [0.4, 0.5) is 0 Å². The lowest BCUT2D eigenvalue weighted by Crippen LogP contribution is -2.43. The quantitative estimate of drug-likeness (QED) is 0.653. The molecule has 0 radical (unpaired) electrons. The number of fused-ring (bicyclic) bond motifs is 1. The number of ether oxygens (including phenoxy) is 2. The molecule has 4 nitrogen and oxygen atoms in total. The van der Waals surface area contributed by atoms with Crippen LogP contribution in [0.25, 0.3) is 0 Å². The first-order valence-corrected chi connectivity index (χ1v) is 9.22. The molecule has 0 spiro atoms. The Hall–Kier alpha value is -1.46. The lowest BCUT2D eigenvalue weighted by Gasteiger charge is -2.34. The smallest absolute Gasteiger partial charge is 0.162 e. The molecule has 0 bridgehead atoms. The van der Waals surface area contributed by atoms with E-state index in [9.17, 15) is 0 Å². The van der Waals surface area contributed by atoms with E-state index in [0.29, 0.717) is 0 Å². The molecule has 150 valence electrons. The second kappa shape index (κ2) is 12.1. The molecule has 0 unspecified atom stereocenters. The maximum Gasteiger partial charge on any atom is 0.162 e. The van der Waals surface area contributed by atoms with Crippen molar-refractivity contribution in [2.75, 3.05) is 32.7 Å². The second-order valence-corrected chi connectivity index (χ2v) is 6.28. The lowest BCUT2D eigenvalue weighted by atomic mass is 10.0. The molecule has 1 heterocycles. The van der Waals surface area contributed by atoms with Gasteiger partial charge in [-0.3, -0.25) is 0 Å². The average Bonchev–Trinajstić information content (AvgIpc) is 2.68. The number of para-hydroxylation sites is 2. The Labute approximate surface area is 175 Å². The third-order valence-electron chi connectivity index (χ3n) is 4.69. The van der Waals surface area contributed by atoms with Crippen molar-refractivity contribution in [3.05, 3.63) is 60.2 Å². The Bertz CT molecular complexity index is 654. The molecule has 0 saturated heterocycles. The summed E-state index contributed by atoms with van der Waals surface area (Å²) in [4.78, 5) is 2.41. The molecule has 2 aromatic carbocycles.